The van der Waals surface area contributed by atoms with Gasteiger partial charge in [-0.25, -0.2) is 9.36 Å². The highest BCUT2D eigenvalue weighted by Gasteiger charge is 2.28. The van der Waals surface area contributed by atoms with Gasteiger partial charge in [-0.3, -0.25) is 18.6 Å². The Balaban J connectivity index is 4.32. The number of aliphatic hydroxyl groups excluding tert-OH is 1. The molecule has 0 aromatic carbocycles. The number of carboxylic acid groups (broad SMARTS) is 1. The zero-order valence-electron chi connectivity index (χ0n) is 12.6. The van der Waals surface area contributed by atoms with E-state index in [1.54, 1.807) is 0 Å². The molecule has 11 nitrogen and oxygen atoms in total. The standard InChI is InChI=1S/C11H20NO10P/c1-3-10(15)12-9(11(16)17)6-22-23(18,19)21-5-8(14)4-20-7(2)13/h8-9,14H,3-6H2,1-2H3,(H,12,15)(H,16,17)(H,18,19). The lowest BCUT2D eigenvalue weighted by molar-refractivity contribution is -0.144. The number of phosphoric ester groups is 1. The second-order valence-electron chi connectivity index (χ2n) is 4.33. The van der Waals surface area contributed by atoms with E-state index in [1.165, 1.54) is 6.92 Å². The molecular weight excluding hydrogens is 337 g/mol. The van der Waals surface area contributed by atoms with Gasteiger partial charge in [0.05, 0.1) is 13.2 Å². The first-order valence-electron chi connectivity index (χ1n) is 6.52. The molecule has 0 heterocycles. The minimum absolute atomic E-state index is 0.0272. The Hall–Kier alpha value is -1.52. The number of hydrogen-bond donors (Lipinski definition) is 4. The number of aliphatic carboxylic acids is 1. The third-order valence-corrected chi connectivity index (χ3v) is 3.22. The average molecular weight is 357 g/mol. The predicted octanol–water partition coefficient (Wildman–Crippen LogP) is -0.977. The molecule has 0 rings (SSSR count). The van der Waals surface area contributed by atoms with E-state index < -0.39 is 57.6 Å². The molecule has 23 heavy (non-hydrogen) atoms. The maximum absolute atomic E-state index is 11.5. The minimum Gasteiger partial charge on any atom is -0.480 e. The maximum Gasteiger partial charge on any atom is 0.472 e. The molecule has 0 radical (unpaired) electrons. The third-order valence-electron chi connectivity index (χ3n) is 2.27. The van der Waals surface area contributed by atoms with Crippen LogP contribution in [0.1, 0.15) is 20.3 Å². The lowest BCUT2D eigenvalue weighted by atomic mass is 10.3. The summed E-state index contributed by atoms with van der Waals surface area (Å²) in [5.74, 6) is -2.68. The number of carboxylic acids is 1. The van der Waals surface area contributed by atoms with Crippen molar-refractivity contribution in [2.45, 2.75) is 32.4 Å². The van der Waals surface area contributed by atoms with Crippen LogP contribution >= 0.6 is 7.82 Å². The number of hydrogen-bond acceptors (Lipinski definition) is 8. The summed E-state index contributed by atoms with van der Waals surface area (Å²) in [6.45, 7) is 0.679. The molecule has 3 unspecified atom stereocenters. The Morgan fingerprint density at radius 3 is 2.22 bits per heavy atom. The van der Waals surface area contributed by atoms with Gasteiger partial charge in [0.25, 0.3) is 0 Å². The van der Waals surface area contributed by atoms with E-state index in [9.17, 15) is 28.9 Å². The van der Waals surface area contributed by atoms with E-state index in [1.807, 2.05) is 0 Å². The topological polar surface area (TPSA) is 169 Å². The first kappa shape index (κ1) is 21.5. The molecule has 0 bridgehead atoms. The highest BCUT2D eigenvalue weighted by atomic mass is 31.2. The van der Waals surface area contributed by atoms with Gasteiger partial charge in [0.1, 0.15) is 12.7 Å². The van der Waals surface area contributed by atoms with Gasteiger partial charge in [0.2, 0.25) is 5.91 Å². The summed E-state index contributed by atoms with van der Waals surface area (Å²) >= 11 is 0. The van der Waals surface area contributed by atoms with Crippen LogP contribution in [0.25, 0.3) is 0 Å². The second kappa shape index (κ2) is 10.3. The van der Waals surface area contributed by atoms with Crippen LogP contribution in [0.15, 0.2) is 0 Å². The van der Waals surface area contributed by atoms with Gasteiger partial charge in [0.15, 0.2) is 6.04 Å². The number of aliphatic hydroxyl groups is 1. The number of carbonyl (C=O) groups excluding carboxylic acids is 2. The molecule has 4 N–H and O–H groups in total. The van der Waals surface area contributed by atoms with Crippen LogP contribution in [0.2, 0.25) is 0 Å². The number of ether oxygens (including phenoxy) is 1. The van der Waals surface area contributed by atoms with Crippen molar-refractivity contribution >= 4 is 25.7 Å². The third kappa shape index (κ3) is 10.8. The first-order chi connectivity index (χ1) is 10.6. The molecule has 1 amide bonds. The Labute approximate surface area is 132 Å². The van der Waals surface area contributed by atoms with E-state index in [2.05, 4.69) is 19.1 Å². The van der Waals surface area contributed by atoms with Crippen molar-refractivity contribution in [1.82, 2.24) is 5.32 Å². The highest BCUT2D eigenvalue weighted by molar-refractivity contribution is 7.47. The fourth-order valence-electron chi connectivity index (χ4n) is 1.12. The van der Waals surface area contributed by atoms with Crippen LogP contribution in [0.4, 0.5) is 0 Å². The monoisotopic (exact) mass is 357 g/mol. The number of amides is 1. The molecule has 0 spiro atoms. The van der Waals surface area contributed by atoms with Crippen molar-refractivity contribution in [2.24, 2.45) is 0 Å². The van der Waals surface area contributed by atoms with Crippen LogP contribution in [-0.2, 0) is 32.7 Å². The molecule has 0 aliphatic heterocycles. The van der Waals surface area contributed by atoms with Crippen molar-refractivity contribution in [3.8, 4) is 0 Å². The Morgan fingerprint density at radius 2 is 1.74 bits per heavy atom. The number of rotatable bonds is 11. The summed E-state index contributed by atoms with van der Waals surface area (Å²) < 4.78 is 24.8. The Kier molecular flexibility index (Phi) is 9.61. The van der Waals surface area contributed by atoms with E-state index in [0.717, 1.165) is 6.92 Å². The van der Waals surface area contributed by atoms with Crippen molar-refractivity contribution in [2.75, 3.05) is 19.8 Å². The van der Waals surface area contributed by atoms with Crippen molar-refractivity contribution in [3.63, 3.8) is 0 Å². The summed E-state index contributed by atoms with van der Waals surface area (Å²) in [7, 11) is -4.65. The smallest absolute Gasteiger partial charge is 0.472 e. The lowest BCUT2D eigenvalue weighted by Crippen LogP contribution is -2.43. The number of phosphoric acid groups is 1. The van der Waals surface area contributed by atoms with Gasteiger partial charge < -0.3 is 25.2 Å². The zero-order chi connectivity index (χ0) is 18.0. The summed E-state index contributed by atoms with van der Waals surface area (Å²) in [6, 6.07) is -1.53. The second-order valence-corrected chi connectivity index (χ2v) is 5.78. The molecule has 0 fully saturated rings. The summed E-state index contributed by atoms with van der Waals surface area (Å²) in [5, 5.41) is 20.3. The van der Waals surface area contributed by atoms with Gasteiger partial charge in [0, 0.05) is 13.3 Å². The zero-order valence-corrected chi connectivity index (χ0v) is 13.5. The number of carbonyl (C=O) groups is 3. The van der Waals surface area contributed by atoms with Crippen molar-refractivity contribution in [1.29, 1.82) is 0 Å². The lowest BCUT2D eigenvalue weighted by Gasteiger charge is -2.18. The van der Waals surface area contributed by atoms with Gasteiger partial charge >= 0.3 is 19.8 Å². The minimum atomic E-state index is -4.65. The largest absolute Gasteiger partial charge is 0.480 e. The molecule has 0 aromatic rings. The SMILES string of the molecule is CCC(=O)NC(COP(=O)(O)OCC(O)COC(C)=O)C(=O)O. The quantitative estimate of drug-likeness (QED) is 0.266. The average Bonchev–Trinajstić information content (AvgIpc) is 2.46. The number of esters is 1. The normalized spacial score (nSPS) is 16.0. The van der Waals surface area contributed by atoms with Gasteiger partial charge in [-0.05, 0) is 0 Å². The fraction of sp³-hybridized carbons (Fsp3) is 0.727. The molecule has 0 aliphatic carbocycles. The van der Waals surface area contributed by atoms with E-state index >= 15 is 0 Å². The molecular formula is C11H20NO10P. The molecule has 3 atom stereocenters. The molecule has 0 saturated carbocycles. The van der Waals surface area contributed by atoms with Gasteiger partial charge in [-0.1, -0.05) is 6.92 Å². The molecule has 12 heteroatoms. The van der Waals surface area contributed by atoms with Gasteiger partial charge in [-0.2, -0.15) is 0 Å². The molecule has 0 saturated heterocycles. The van der Waals surface area contributed by atoms with Crippen LogP contribution in [0, 0.1) is 0 Å². The summed E-state index contributed by atoms with van der Waals surface area (Å²) in [6.07, 6.45) is -1.34. The highest BCUT2D eigenvalue weighted by Crippen LogP contribution is 2.43. The molecule has 134 valence electrons. The molecule has 0 aliphatic rings. The number of nitrogens with one attached hydrogen (secondary N) is 1. The van der Waals surface area contributed by atoms with Crippen molar-refractivity contribution in [3.05, 3.63) is 0 Å². The maximum atomic E-state index is 11.5. The van der Waals surface area contributed by atoms with Crippen molar-refractivity contribution < 1.29 is 47.8 Å². The predicted molar refractivity (Wildman–Crippen MR) is 74.2 cm³/mol. The first-order valence-corrected chi connectivity index (χ1v) is 8.02. The fourth-order valence-corrected chi connectivity index (χ4v) is 1.89. The summed E-state index contributed by atoms with van der Waals surface area (Å²) in [5.41, 5.74) is 0. The van der Waals surface area contributed by atoms with E-state index in [4.69, 9.17) is 5.11 Å². The van der Waals surface area contributed by atoms with Crippen LogP contribution in [0.3, 0.4) is 0 Å². The molecule has 0 aromatic heterocycles. The summed E-state index contributed by atoms with van der Waals surface area (Å²) in [4.78, 5) is 41.9. The van der Waals surface area contributed by atoms with Gasteiger partial charge in [-0.15, -0.1) is 0 Å². The van der Waals surface area contributed by atoms with Crippen LogP contribution < -0.4 is 5.32 Å². The van der Waals surface area contributed by atoms with E-state index in [0.29, 0.717) is 0 Å². The van der Waals surface area contributed by atoms with Crippen LogP contribution in [-0.4, -0.2) is 64.9 Å². The Morgan fingerprint density at radius 1 is 1.17 bits per heavy atom. The van der Waals surface area contributed by atoms with E-state index in [-0.39, 0.29) is 6.42 Å². The van der Waals surface area contributed by atoms with Crippen LogP contribution in [0.5, 0.6) is 0 Å². The Bertz CT molecular complexity index is 468.